The number of ether oxygens (including phenoxy) is 2. The van der Waals surface area contributed by atoms with E-state index in [0.717, 1.165) is 22.8 Å². The number of nitrogens with one attached hydrogen (secondary N) is 2. The van der Waals surface area contributed by atoms with Crippen molar-refractivity contribution in [2.75, 3.05) is 18.5 Å². The van der Waals surface area contributed by atoms with Crippen LogP contribution >= 0.6 is 0 Å². The number of benzene rings is 2. The number of carbonyl (C=O) groups is 3. The molecule has 7 nitrogen and oxygen atoms in total. The van der Waals surface area contributed by atoms with Gasteiger partial charge in [0.15, 0.2) is 6.61 Å². The largest absolute Gasteiger partial charge is 0.452 e. The molecule has 0 radical (unpaired) electrons. The standard InChI is InChI=1S/C23H24F2N2O5/c1-14-10-15(2)22(16(3)11-14)27-19(28)12-26-20(29)13-31-21(30)9-6-17-4-7-18(8-5-17)32-23(24)25/h4-11,23H,12-13H2,1-3H3,(H,26,29)(H,27,28). The van der Waals surface area contributed by atoms with E-state index in [0.29, 0.717) is 11.3 Å². The summed E-state index contributed by atoms with van der Waals surface area (Å²) >= 11 is 0. The number of carbonyl (C=O) groups excluding carboxylic acids is 3. The molecule has 2 aromatic carbocycles. The number of hydrogen-bond acceptors (Lipinski definition) is 5. The molecule has 2 N–H and O–H groups in total. The number of alkyl halides is 2. The summed E-state index contributed by atoms with van der Waals surface area (Å²) in [5.74, 6) is -1.82. The van der Waals surface area contributed by atoms with Crippen molar-refractivity contribution in [2.24, 2.45) is 0 Å². The highest BCUT2D eigenvalue weighted by Crippen LogP contribution is 2.21. The first kappa shape index (κ1) is 24.5. The smallest absolute Gasteiger partial charge is 0.387 e. The highest BCUT2D eigenvalue weighted by atomic mass is 19.3. The molecule has 0 aliphatic heterocycles. The molecule has 0 fully saturated rings. The number of esters is 1. The topological polar surface area (TPSA) is 93.7 Å². The molecular formula is C23H24F2N2O5. The van der Waals surface area contributed by atoms with Gasteiger partial charge in [0.2, 0.25) is 5.91 Å². The van der Waals surface area contributed by atoms with Crippen LogP contribution in [0, 0.1) is 20.8 Å². The molecule has 0 aromatic heterocycles. The molecule has 0 spiro atoms. The summed E-state index contributed by atoms with van der Waals surface area (Å²) in [5, 5.41) is 5.13. The van der Waals surface area contributed by atoms with Crippen LogP contribution in [0.3, 0.4) is 0 Å². The SMILES string of the molecule is Cc1cc(C)c(NC(=O)CNC(=O)COC(=O)C=Cc2ccc(OC(F)F)cc2)c(C)c1. The van der Waals surface area contributed by atoms with E-state index in [2.05, 4.69) is 15.4 Å². The third kappa shape index (κ3) is 8.17. The van der Waals surface area contributed by atoms with Crippen LogP contribution < -0.4 is 15.4 Å². The van der Waals surface area contributed by atoms with Gasteiger partial charge in [-0.25, -0.2) is 4.79 Å². The highest BCUT2D eigenvalue weighted by molar-refractivity contribution is 5.96. The minimum absolute atomic E-state index is 0.00636. The lowest BCUT2D eigenvalue weighted by atomic mass is 10.1. The lowest BCUT2D eigenvalue weighted by Crippen LogP contribution is -2.35. The quantitative estimate of drug-likeness (QED) is 0.454. The van der Waals surface area contributed by atoms with Crippen molar-refractivity contribution in [1.82, 2.24) is 5.32 Å². The van der Waals surface area contributed by atoms with Crippen molar-refractivity contribution in [1.29, 1.82) is 0 Å². The number of amides is 2. The van der Waals surface area contributed by atoms with Gasteiger partial charge in [0.25, 0.3) is 5.91 Å². The van der Waals surface area contributed by atoms with Gasteiger partial charge < -0.3 is 20.1 Å². The average molecular weight is 446 g/mol. The Bertz CT molecular complexity index is 981. The van der Waals surface area contributed by atoms with Crippen LogP contribution in [0.25, 0.3) is 6.08 Å². The molecule has 170 valence electrons. The van der Waals surface area contributed by atoms with Crippen molar-refractivity contribution < 1.29 is 32.6 Å². The molecular weight excluding hydrogens is 422 g/mol. The Morgan fingerprint density at radius 2 is 1.62 bits per heavy atom. The van der Waals surface area contributed by atoms with E-state index < -0.39 is 31.0 Å². The van der Waals surface area contributed by atoms with E-state index in [4.69, 9.17) is 4.74 Å². The molecule has 0 saturated carbocycles. The third-order valence-electron chi connectivity index (χ3n) is 4.25. The number of rotatable bonds is 9. The molecule has 0 unspecified atom stereocenters. The predicted molar refractivity (Wildman–Crippen MR) is 115 cm³/mol. The van der Waals surface area contributed by atoms with E-state index in [1.165, 1.54) is 30.3 Å². The Kier molecular flexibility index (Phi) is 8.88. The van der Waals surface area contributed by atoms with Gasteiger partial charge in [-0.15, -0.1) is 0 Å². The monoisotopic (exact) mass is 446 g/mol. The van der Waals surface area contributed by atoms with Crippen molar-refractivity contribution in [3.63, 3.8) is 0 Å². The highest BCUT2D eigenvalue weighted by Gasteiger charge is 2.11. The summed E-state index contributed by atoms with van der Waals surface area (Å²) in [5.41, 5.74) is 4.16. The van der Waals surface area contributed by atoms with Gasteiger partial charge in [-0.3, -0.25) is 9.59 Å². The third-order valence-corrected chi connectivity index (χ3v) is 4.25. The van der Waals surface area contributed by atoms with Crippen LogP contribution in [0.15, 0.2) is 42.5 Å². The molecule has 9 heteroatoms. The second-order valence-corrected chi connectivity index (χ2v) is 6.99. The first-order valence-corrected chi connectivity index (χ1v) is 9.68. The lowest BCUT2D eigenvalue weighted by Gasteiger charge is -2.13. The maximum Gasteiger partial charge on any atom is 0.387 e. The maximum absolute atomic E-state index is 12.1. The fraction of sp³-hybridized carbons (Fsp3) is 0.261. The molecule has 0 atom stereocenters. The van der Waals surface area contributed by atoms with E-state index in [-0.39, 0.29) is 12.3 Å². The van der Waals surface area contributed by atoms with Gasteiger partial charge >= 0.3 is 12.6 Å². The first-order chi connectivity index (χ1) is 15.1. The van der Waals surface area contributed by atoms with Crippen molar-refractivity contribution >= 4 is 29.5 Å². The Morgan fingerprint density at radius 1 is 1.00 bits per heavy atom. The summed E-state index contributed by atoms with van der Waals surface area (Å²) < 4.78 is 33.3. The van der Waals surface area contributed by atoms with Crippen LogP contribution in [0.4, 0.5) is 14.5 Å². The fourth-order valence-electron chi connectivity index (χ4n) is 2.90. The number of aryl methyl sites for hydroxylation is 3. The van der Waals surface area contributed by atoms with Crippen LogP contribution in [0.2, 0.25) is 0 Å². The molecule has 2 rings (SSSR count). The summed E-state index contributed by atoms with van der Waals surface area (Å²) in [4.78, 5) is 35.6. The van der Waals surface area contributed by atoms with Crippen molar-refractivity contribution in [3.05, 3.63) is 64.7 Å². The van der Waals surface area contributed by atoms with Crippen LogP contribution in [0.5, 0.6) is 5.75 Å². The Labute approximate surface area is 184 Å². The fourth-order valence-corrected chi connectivity index (χ4v) is 2.90. The second-order valence-electron chi connectivity index (χ2n) is 6.99. The summed E-state index contributed by atoms with van der Waals surface area (Å²) in [6.07, 6.45) is 2.48. The molecule has 0 saturated heterocycles. The molecule has 2 aromatic rings. The van der Waals surface area contributed by atoms with Crippen molar-refractivity contribution in [3.8, 4) is 5.75 Å². The van der Waals surface area contributed by atoms with Gasteiger partial charge in [0.05, 0.1) is 6.54 Å². The lowest BCUT2D eigenvalue weighted by molar-refractivity contribution is -0.143. The summed E-state index contributed by atoms with van der Waals surface area (Å²) in [6.45, 7) is 1.98. The van der Waals surface area contributed by atoms with E-state index >= 15 is 0 Å². The van der Waals surface area contributed by atoms with Gasteiger partial charge in [-0.05, 0) is 55.7 Å². The Balaban J connectivity index is 1.74. The summed E-state index contributed by atoms with van der Waals surface area (Å²) in [7, 11) is 0. The zero-order valence-corrected chi connectivity index (χ0v) is 17.9. The summed E-state index contributed by atoms with van der Waals surface area (Å²) in [6, 6.07) is 9.50. The average Bonchev–Trinajstić information content (AvgIpc) is 2.72. The Morgan fingerprint density at radius 3 is 2.22 bits per heavy atom. The predicted octanol–water partition coefficient (Wildman–Crippen LogP) is 3.52. The Hall–Kier alpha value is -3.75. The van der Waals surface area contributed by atoms with Gasteiger partial charge in [0, 0.05) is 11.8 Å². The molecule has 0 heterocycles. The van der Waals surface area contributed by atoms with Crippen LogP contribution in [-0.4, -0.2) is 37.5 Å². The maximum atomic E-state index is 12.1. The molecule has 0 bridgehead atoms. The van der Waals surface area contributed by atoms with E-state index in [9.17, 15) is 23.2 Å². The van der Waals surface area contributed by atoms with Crippen LogP contribution in [-0.2, 0) is 19.1 Å². The number of anilines is 1. The van der Waals surface area contributed by atoms with E-state index in [1.807, 2.05) is 32.9 Å². The molecule has 2 amide bonds. The normalized spacial score (nSPS) is 10.8. The zero-order valence-electron chi connectivity index (χ0n) is 17.9. The number of halogens is 2. The number of hydrogen-bond donors (Lipinski definition) is 2. The van der Waals surface area contributed by atoms with E-state index in [1.54, 1.807) is 0 Å². The molecule has 0 aliphatic rings. The van der Waals surface area contributed by atoms with Gasteiger partial charge in [-0.1, -0.05) is 29.8 Å². The first-order valence-electron chi connectivity index (χ1n) is 9.68. The minimum Gasteiger partial charge on any atom is -0.452 e. The second kappa shape index (κ2) is 11.6. The van der Waals surface area contributed by atoms with Crippen molar-refractivity contribution in [2.45, 2.75) is 27.4 Å². The minimum atomic E-state index is -2.92. The van der Waals surface area contributed by atoms with Gasteiger partial charge in [-0.2, -0.15) is 8.78 Å². The molecule has 0 aliphatic carbocycles. The molecule has 32 heavy (non-hydrogen) atoms. The van der Waals surface area contributed by atoms with Gasteiger partial charge in [0.1, 0.15) is 5.75 Å². The van der Waals surface area contributed by atoms with Crippen LogP contribution in [0.1, 0.15) is 22.3 Å². The zero-order chi connectivity index (χ0) is 23.7.